The van der Waals surface area contributed by atoms with Crippen molar-refractivity contribution in [3.05, 3.63) is 53.1 Å². The van der Waals surface area contributed by atoms with Crippen LogP contribution in [0.25, 0.3) is 6.08 Å². The average molecular weight is 339 g/mol. The van der Waals surface area contributed by atoms with Crippen molar-refractivity contribution < 1.29 is 19.0 Å². The van der Waals surface area contributed by atoms with Gasteiger partial charge in [-0.3, -0.25) is 4.79 Å². The number of methoxy groups -OCH3 is 1. The summed E-state index contributed by atoms with van der Waals surface area (Å²) < 4.78 is 16.5. The van der Waals surface area contributed by atoms with Crippen molar-refractivity contribution in [3.63, 3.8) is 0 Å². The fourth-order valence-electron chi connectivity index (χ4n) is 2.74. The van der Waals surface area contributed by atoms with Crippen molar-refractivity contribution in [2.24, 2.45) is 0 Å². The summed E-state index contributed by atoms with van der Waals surface area (Å²) in [4.78, 5) is 12.2. The Morgan fingerprint density at radius 2 is 1.88 bits per heavy atom. The smallest absolute Gasteiger partial charge is 0.248 e. The minimum absolute atomic E-state index is 0.189. The molecule has 5 nitrogen and oxygen atoms in total. The summed E-state index contributed by atoms with van der Waals surface area (Å²) in [7, 11) is 1.58. The lowest BCUT2D eigenvalue weighted by molar-refractivity contribution is -0.111. The Bertz CT molecular complexity index is 789. The second kappa shape index (κ2) is 7.30. The number of ether oxygens (including phenoxy) is 3. The third kappa shape index (κ3) is 3.76. The number of amides is 1. The predicted octanol–water partition coefficient (Wildman–Crippen LogP) is 3.74. The van der Waals surface area contributed by atoms with Crippen molar-refractivity contribution in [2.75, 3.05) is 25.6 Å². The number of anilines is 1. The number of carbonyl (C=O) groups excluding carboxylic acids is 1. The fraction of sp³-hybridized carbons (Fsp3) is 0.250. The predicted molar refractivity (Wildman–Crippen MR) is 97.6 cm³/mol. The Kier molecular flexibility index (Phi) is 4.93. The molecule has 0 spiro atoms. The SMILES string of the molecule is COc1cc(/C=C/C(=O)Nc2c(C)cccc2C)cc2c1OCCO2. The van der Waals surface area contributed by atoms with Gasteiger partial charge in [-0.15, -0.1) is 0 Å². The van der Waals surface area contributed by atoms with Crippen LogP contribution >= 0.6 is 0 Å². The monoisotopic (exact) mass is 339 g/mol. The number of para-hydroxylation sites is 1. The molecule has 0 saturated carbocycles. The molecule has 0 fully saturated rings. The molecule has 5 heteroatoms. The summed E-state index contributed by atoms with van der Waals surface area (Å²) in [6.45, 7) is 4.93. The lowest BCUT2D eigenvalue weighted by atomic mass is 10.1. The van der Waals surface area contributed by atoms with Crippen molar-refractivity contribution in [1.82, 2.24) is 0 Å². The minimum Gasteiger partial charge on any atom is -0.493 e. The highest BCUT2D eigenvalue weighted by molar-refractivity contribution is 6.02. The maximum atomic E-state index is 12.2. The first-order chi connectivity index (χ1) is 12.1. The molecule has 2 aromatic carbocycles. The van der Waals surface area contributed by atoms with Crippen molar-refractivity contribution >= 4 is 17.7 Å². The van der Waals surface area contributed by atoms with E-state index in [1.807, 2.05) is 44.2 Å². The van der Waals surface area contributed by atoms with Gasteiger partial charge in [0, 0.05) is 11.8 Å². The minimum atomic E-state index is -0.189. The quantitative estimate of drug-likeness (QED) is 0.862. The number of rotatable bonds is 4. The molecule has 0 aromatic heterocycles. The first-order valence-electron chi connectivity index (χ1n) is 8.11. The fourth-order valence-corrected chi connectivity index (χ4v) is 2.74. The average Bonchev–Trinajstić information content (AvgIpc) is 2.62. The molecule has 0 aliphatic carbocycles. The second-order valence-corrected chi connectivity index (χ2v) is 5.84. The molecule has 2 aromatic rings. The number of nitrogens with one attached hydrogen (secondary N) is 1. The Balaban J connectivity index is 1.78. The van der Waals surface area contributed by atoms with Crippen molar-refractivity contribution in [1.29, 1.82) is 0 Å². The summed E-state index contributed by atoms with van der Waals surface area (Å²) >= 11 is 0. The lowest BCUT2D eigenvalue weighted by Crippen LogP contribution is -2.16. The molecule has 1 heterocycles. The summed E-state index contributed by atoms with van der Waals surface area (Å²) in [5.41, 5.74) is 3.71. The van der Waals surface area contributed by atoms with Gasteiger partial charge < -0.3 is 19.5 Å². The van der Waals surface area contributed by atoms with Gasteiger partial charge in [-0.25, -0.2) is 0 Å². The molecule has 3 rings (SSSR count). The van der Waals surface area contributed by atoms with E-state index in [0.717, 1.165) is 22.4 Å². The van der Waals surface area contributed by atoms with Gasteiger partial charge in [0.2, 0.25) is 11.7 Å². The number of fused-ring (bicyclic) bond motifs is 1. The highest BCUT2D eigenvalue weighted by Crippen LogP contribution is 2.40. The van der Waals surface area contributed by atoms with Crippen LogP contribution in [-0.4, -0.2) is 26.2 Å². The van der Waals surface area contributed by atoms with Crippen LogP contribution in [0.1, 0.15) is 16.7 Å². The van der Waals surface area contributed by atoms with Gasteiger partial charge in [0.1, 0.15) is 13.2 Å². The number of benzene rings is 2. The van der Waals surface area contributed by atoms with Crippen LogP contribution in [0.2, 0.25) is 0 Å². The second-order valence-electron chi connectivity index (χ2n) is 5.84. The highest BCUT2D eigenvalue weighted by atomic mass is 16.6. The van der Waals surface area contributed by atoms with E-state index in [1.54, 1.807) is 13.2 Å². The van der Waals surface area contributed by atoms with Crippen LogP contribution in [0.3, 0.4) is 0 Å². The number of aryl methyl sites for hydroxylation is 2. The zero-order chi connectivity index (χ0) is 17.8. The number of hydrogen-bond donors (Lipinski definition) is 1. The van der Waals surface area contributed by atoms with Crippen LogP contribution in [0.5, 0.6) is 17.2 Å². The van der Waals surface area contributed by atoms with E-state index in [1.165, 1.54) is 6.08 Å². The van der Waals surface area contributed by atoms with Gasteiger partial charge >= 0.3 is 0 Å². The topological polar surface area (TPSA) is 56.8 Å². The third-order valence-electron chi connectivity index (χ3n) is 4.01. The van der Waals surface area contributed by atoms with E-state index in [-0.39, 0.29) is 5.91 Å². The van der Waals surface area contributed by atoms with Crippen molar-refractivity contribution in [2.45, 2.75) is 13.8 Å². The molecular formula is C20H21NO4. The van der Waals surface area contributed by atoms with E-state index in [2.05, 4.69) is 5.32 Å². The molecule has 0 unspecified atom stereocenters. The highest BCUT2D eigenvalue weighted by Gasteiger charge is 2.17. The Hall–Kier alpha value is -2.95. The van der Waals surface area contributed by atoms with E-state index >= 15 is 0 Å². The summed E-state index contributed by atoms with van der Waals surface area (Å²) in [5, 5.41) is 2.93. The number of carbonyl (C=O) groups is 1. The molecule has 0 saturated heterocycles. The third-order valence-corrected chi connectivity index (χ3v) is 4.01. The molecule has 1 N–H and O–H groups in total. The molecule has 1 amide bonds. The summed E-state index contributed by atoms with van der Waals surface area (Å²) in [6, 6.07) is 9.56. The van der Waals surface area contributed by atoms with Gasteiger partial charge in [0.15, 0.2) is 11.5 Å². The zero-order valence-electron chi connectivity index (χ0n) is 14.6. The first kappa shape index (κ1) is 16.9. The molecule has 130 valence electrons. The number of hydrogen-bond acceptors (Lipinski definition) is 4. The normalized spacial score (nSPS) is 12.9. The maximum absolute atomic E-state index is 12.2. The van der Waals surface area contributed by atoms with Crippen LogP contribution in [-0.2, 0) is 4.79 Å². The molecule has 1 aliphatic heterocycles. The van der Waals surface area contributed by atoms with E-state index in [4.69, 9.17) is 14.2 Å². The van der Waals surface area contributed by atoms with Crippen LogP contribution in [0, 0.1) is 13.8 Å². The standard InChI is InChI=1S/C20H21NO4/c1-13-5-4-6-14(2)19(13)21-18(22)8-7-15-11-16(23-3)20-17(12-15)24-9-10-25-20/h4-8,11-12H,9-10H2,1-3H3,(H,21,22)/b8-7+. The van der Waals surface area contributed by atoms with Crippen LogP contribution in [0.4, 0.5) is 5.69 Å². The lowest BCUT2D eigenvalue weighted by Gasteiger charge is -2.20. The molecular weight excluding hydrogens is 318 g/mol. The summed E-state index contributed by atoms with van der Waals surface area (Å²) in [6.07, 6.45) is 3.22. The Morgan fingerprint density at radius 1 is 1.16 bits per heavy atom. The first-order valence-corrected chi connectivity index (χ1v) is 8.11. The zero-order valence-corrected chi connectivity index (χ0v) is 14.6. The summed E-state index contributed by atoms with van der Waals surface area (Å²) in [5.74, 6) is 1.63. The molecule has 0 bridgehead atoms. The molecule has 0 atom stereocenters. The van der Waals surface area contributed by atoms with Gasteiger partial charge in [-0.1, -0.05) is 18.2 Å². The van der Waals surface area contributed by atoms with Gasteiger partial charge in [-0.2, -0.15) is 0 Å². The van der Waals surface area contributed by atoms with Gasteiger partial charge in [0.05, 0.1) is 7.11 Å². The van der Waals surface area contributed by atoms with Crippen molar-refractivity contribution in [3.8, 4) is 17.2 Å². The van der Waals surface area contributed by atoms with E-state index < -0.39 is 0 Å². The largest absolute Gasteiger partial charge is 0.493 e. The molecule has 25 heavy (non-hydrogen) atoms. The van der Waals surface area contributed by atoms with Crippen LogP contribution in [0.15, 0.2) is 36.4 Å². The van der Waals surface area contributed by atoms with E-state index in [0.29, 0.717) is 30.5 Å². The van der Waals surface area contributed by atoms with Gasteiger partial charge in [0.25, 0.3) is 0 Å². The van der Waals surface area contributed by atoms with E-state index in [9.17, 15) is 4.79 Å². The Labute approximate surface area is 147 Å². The van der Waals surface area contributed by atoms with Crippen LogP contribution < -0.4 is 19.5 Å². The molecule has 1 aliphatic rings. The molecule has 0 radical (unpaired) electrons. The van der Waals surface area contributed by atoms with Gasteiger partial charge in [-0.05, 0) is 48.7 Å². The maximum Gasteiger partial charge on any atom is 0.248 e. The Morgan fingerprint density at radius 3 is 2.60 bits per heavy atom.